The van der Waals surface area contributed by atoms with E-state index in [2.05, 4.69) is 0 Å². The Morgan fingerprint density at radius 1 is 1.09 bits per heavy atom. The number of halogens is 3. The number of alkyl halides is 3. The summed E-state index contributed by atoms with van der Waals surface area (Å²) in [6.07, 6.45) is -3.37. The van der Waals surface area contributed by atoms with Crippen LogP contribution in [0.2, 0.25) is 0 Å². The van der Waals surface area contributed by atoms with Crippen molar-refractivity contribution in [2.75, 3.05) is 14.2 Å². The number of urea groups is 1. The number of carbonyl (C=O) groups is 1. The fourth-order valence-corrected chi connectivity index (χ4v) is 3.10. The van der Waals surface area contributed by atoms with Crippen LogP contribution in [0.5, 0.6) is 0 Å². The molecule has 1 heterocycles. The Hall–Kier alpha value is -1.02. The molecule has 0 aromatic carbocycles. The summed E-state index contributed by atoms with van der Waals surface area (Å²) in [5, 5.41) is 0. The highest BCUT2D eigenvalue weighted by Crippen LogP contribution is 2.42. The predicted octanol–water partition coefficient (Wildman–Crippen LogP) is 3.24. The van der Waals surface area contributed by atoms with E-state index < -0.39 is 42.7 Å². The summed E-state index contributed by atoms with van der Waals surface area (Å²) in [5.74, 6) is 0. The highest BCUT2D eigenvalue weighted by molar-refractivity contribution is 5.79. The van der Waals surface area contributed by atoms with E-state index in [1.165, 1.54) is 14.2 Å². The average molecular weight is 340 g/mol. The number of methoxy groups -OCH3 is 2. The zero-order valence-corrected chi connectivity index (χ0v) is 14.6. The molecule has 1 fully saturated rings. The Morgan fingerprint density at radius 3 is 1.91 bits per heavy atom. The van der Waals surface area contributed by atoms with Gasteiger partial charge in [-0.2, -0.15) is 8.78 Å². The van der Waals surface area contributed by atoms with Gasteiger partial charge in [0.2, 0.25) is 0 Å². The summed E-state index contributed by atoms with van der Waals surface area (Å²) in [6.45, 7) is 6.58. The van der Waals surface area contributed by atoms with Crippen LogP contribution >= 0.6 is 0 Å². The quantitative estimate of drug-likeness (QED) is 0.637. The van der Waals surface area contributed by atoms with Gasteiger partial charge in [-0.1, -0.05) is 13.8 Å². The lowest BCUT2D eigenvalue weighted by molar-refractivity contribution is -0.187. The molecule has 1 aliphatic rings. The number of hydrogen-bond donors (Lipinski definition) is 0. The molecule has 5 atom stereocenters. The van der Waals surface area contributed by atoms with Gasteiger partial charge in [-0.25, -0.2) is 9.18 Å². The molecule has 0 radical (unpaired) electrons. The summed E-state index contributed by atoms with van der Waals surface area (Å²) in [7, 11) is 2.78. The lowest BCUT2D eigenvalue weighted by Gasteiger charge is -2.34. The van der Waals surface area contributed by atoms with Gasteiger partial charge in [0.25, 0.3) is 6.30 Å². The lowest BCUT2D eigenvalue weighted by atomic mass is 10.1. The Balaban J connectivity index is 3.23. The van der Waals surface area contributed by atoms with Gasteiger partial charge in [-0.3, -0.25) is 9.80 Å². The largest absolute Gasteiger partial charge is 0.380 e. The Labute approximate surface area is 135 Å². The smallest absolute Gasteiger partial charge is 0.379 e. The summed E-state index contributed by atoms with van der Waals surface area (Å²) in [6, 6.07) is -6.62. The second-order valence-corrected chi connectivity index (χ2v) is 5.82. The molecule has 0 aromatic rings. The van der Waals surface area contributed by atoms with Gasteiger partial charge in [-0.15, -0.1) is 0 Å². The number of rotatable bonds is 8. The molecule has 1 saturated heterocycles. The van der Waals surface area contributed by atoms with Crippen LogP contribution < -0.4 is 0 Å². The van der Waals surface area contributed by atoms with Gasteiger partial charge < -0.3 is 9.47 Å². The van der Waals surface area contributed by atoms with Crippen molar-refractivity contribution in [1.29, 1.82) is 0 Å². The minimum atomic E-state index is -3.91. The molecule has 0 N–H and O–H groups in total. The minimum Gasteiger partial charge on any atom is -0.380 e. The third-order valence-electron chi connectivity index (χ3n) is 4.63. The molecule has 2 amide bonds. The molecule has 136 valence electrons. The van der Waals surface area contributed by atoms with Crippen molar-refractivity contribution in [1.82, 2.24) is 9.80 Å². The fourth-order valence-electron chi connectivity index (χ4n) is 3.10. The van der Waals surface area contributed by atoms with Crippen molar-refractivity contribution in [2.24, 2.45) is 0 Å². The van der Waals surface area contributed by atoms with Crippen LogP contribution in [0.25, 0.3) is 0 Å². The predicted molar refractivity (Wildman–Crippen MR) is 80.0 cm³/mol. The monoisotopic (exact) mass is 340 g/mol. The van der Waals surface area contributed by atoms with E-state index in [1.807, 2.05) is 0 Å². The normalized spacial score (nSPS) is 26.3. The van der Waals surface area contributed by atoms with Crippen molar-refractivity contribution in [3.8, 4) is 0 Å². The maximum atomic E-state index is 14.5. The van der Waals surface area contributed by atoms with Crippen LogP contribution in [0, 0.1) is 0 Å². The van der Waals surface area contributed by atoms with Crippen molar-refractivity contribution >= 4 is 6.03 Å². The number of amides is 2. The molecule has 0 aromatic heterocycles. The minimum absolute atomic E-state index is 0.230. The van der Waals surface area contributed by atoms with Crippen LogP contribution in [-0.2, 0) is 9.47 Å². The first-order chi connectivity index (χ1) is 10.7. The highest BCUT2D eigenvalue weighted by atomic mass is 19.3. The van der Waals surface area contributed by atoms with Gasteiger partial charge in [0.05, 0.1) is 24.3 Å². The lowest BCUT2D eigenvalue weighted by Crippen LogP contribution is -2.52. The second kappa shape index (κ2) is 7.70. The third-order valence-corrected chi connectivity index (χ3v) is 4.63. The van der Waals surface area contributed by atoms with Crippen LogP contribution in [-0.4, -0.2) is 66.7 Å². The van der Waals surface area contributed by atoms with Gasteiger partial charge in [0.1, 0.15) is 0 Å². The van der Waals surface area contributed by atoms with Crippen molar-refractivity contribution in [2.45, 2.75) is 77.2 Å². The fraction of sp³-hybridized carbons (Fsp3) is 0.933. The van der Waals surface area contributed by atoms with E-state index in [0.717, 1.165) is 0 Å². The number of nitrogens with zero attached hydrogens (tertiary/aromatic N) is 2. The summed E-state index contributed by atoms with van der Waals surface area (Å²) in [5.41, 5.74) is 0. The first kappa shape index (κ1) is 20.0. The van der Waals surface area contributed by atoms with Crippen molar-refractivity contribution < 1.29 is 27.4 Å². The van der Waals surface area contributed by atoms with E-state index in [0.29, 0.717) is 16.2 Å². The molecule has 1 aliphatic heterocycles. The Morgan fingerprint density at radius 2 is 1.52 bits per heavy atom. The molecule has 1 rings (SSSR count). The second-order valence-electron chi connectivity index (χ2n) is 5.82. The summed E-state index contributed by atoms with van der Waals surface area (Å²) in [4.78, 5) is 13.5. The average Bonchev–Trinajstić information content (AvgIpc) is 2.69. The number of hydrogen-bond acceptors (Lipinski definition) is 3. The molecule has 5 unspecified atom stereocenters. The van der Waals surface area contributed by atoms with Crippen molar-refractivity contribution in [3.05, 3.63) is 0 Å². The Kier molecular flexibility index (Phi) is 6.70. The number of ether oxygens (including phenoxy) is 2. The maximum Gasteiger partial charge on any atom is 0.379 e. The van der Waals surface area contributed by atoms with Gasteiger partial charge in [0.15, 0.2) is 0 Å². The Bertz CT molecular complexity index is 411. The molecule has 0 aliphatic carbocycles. The van der Waals surface area contributed by atoms with E-state index in [4.69, 9.17) is 9.47 Å². The van der Waals surface area contributed by atoms with Gasteiger partial charge in [-0.05, 0) is 26.7 Å². The molecular weight excluding hydrogens is 313 g/mol. The van der Waals surface area contributed by atoms with E-state index in [1.54, 1.807) is 27.7 Å². The summed E-state index contributed by atoms with van der Waals surface area (Å²) >= 11 is 0. The standard InChI is InChI=1S/C15H27F3N2O3/c1-7-11(9(3)22-5)19-13(16)15(17,18)20(14(19)21)12(8-2)10(4)23-6/h9-13H,7-8H2,1-6H3. The third kappa shape index (κ3) is 3.42. The van der Waals surface area contributed by atoms with Gasteiger partial charge >= 0.3 is 12.1 Å². The molecule has 0 bridgehead atoms. The van der Waals surface area contributed by atoms with Gasteiger partial charge in [0, 0.05) is 14.2 Å². The zero-order chi connectivity index (χ0) is 17.9. The zero-order valence-electron chi connectivity index (χ0n) is 14.6. The van der Waals surface area contributed by atoms with E-state index in [-0.39, 0.29) is 6.42 Å². The molecule has 8 heteroatoms. The van der Waals surface area contributed by atoms with Crippen LogP contribution in [0.15, 0.2) is 0 Å². The molecule has 23 heavy (non-hydrogen) atoms. The van der Waals surface area contributed by atoms with Crippen LogP contribution in [0.4, 0.5) is 18.0 Å². The topological polar surface area (TPSA) is 42.0 Å². The molecular formula is C15H27F3N2O3. The maximum absolute atomic E-state index is 14.5. The summed E-state index contributed by atoms with van der Waals surface area (Å²) < 4.78 is 53.7. The molecule has 0 saturated carbocycles. The SMILES string of the molecule is CCC(C(C)OC)N1C(=O)N(C(CC)C(C)OC)C(F)(F)C1F. The van der Waals surface area contributed by atoms with E-state index in [9.17, 15) is 18.0 Å². The van der Waals surface area contributed by atoms with Crippen LogP contribution in [0.1, 0.15) is 40.5 Å². The van der Waals surface area contributed by atoms with Crippen LogP contribution in [0.3, 0.4) is 0 Å². The first-order valence-corrected chi connectivity index (χ1v) is 7.87. The highest BCUT2D eigenvalue weighted by Gasteiger charge is 2.64. The number of carbonyl (C=O) groups excluding carboxylic acids is 1. The first-order valence-electron chi connectivity index (χ1n) is 7.87. The van der Waals surface area contributed by atoms with Crippen molar-refractivity contribution in [3.63, 3.8) is 0 Å². The van der Waals surface area contributed by atoms with E-state index >= 15 is 0 Å². The molecule has 0 spiro atoms. The molecule has 5 nitrogen and oxygen atoms in total.